The smallest absolute Gasteiger partial charge is 0.323 e. The maximum Gasteiger partial charge on any atom is 0.323 e. The third kappa shape index (κ3) is 3.44. The van der Waals surface area contributed by atoms with Crippen LogP contribution in [0.15, 0.2) is 22.7 Å². The molecular formula is C11H11BrClNO3. The van der Waals surface area contributed by atoms with Gasteiger partial charge in [0.1, 0.15) is 6.54 Å². The van der Waals surface area contributed by atoms with E-state index in [4.69, 9.17) is 16.7 Å². The lowest BCUT2D eigenvalue weighted by atomic mass is 10.2. The third-order valence-corrected chi connectivity index (χ3v) is 3.47. The topological polar surface area (TPSA) is 57.6 Å². The molecular weight excluding hydrogens is 309 g/mol. The highest BCUT2D eigenvalue weighted by atomic mass is 79.9. The Hall–Kier alpha value is -1.07. The molecule has 0 bridgehead atoms. The molecule has 0 atom stereocenters. The fourth-order valence-corrected chi connectivity index (χ4v) is 1.90. The zero-order valence-electron chi connectivity index (χ0n) is 9.11. The molecule has 0 aliphatic carbocycles. The highest BCUT2D eigenvalue weighted by Gasteiger charge is 2.20. The molecule has 0 saturated carbocycles. The number of rotatable bonds is 4. The molecule has 6 heteroatoms. The molecule has 0 unspecified atom stereocenters. The van der Waals surface area contributed by atoms with Crippen LogP contribution >= 0.6 is 27.5 Å². The molecule has 92 valence electrons. The van der Waals surface area contributed by atoms with E-state index in [1.807, 2.05) is 0 Å². The van der Waals surface area contributed by atoms with Crippen LogP contribution in [0.4, 0.5) is 0 Å². The van der Waals surface area contributed by atoms with Gasteiger partial charge >= 0.3 is 5.97 Å². The summed E-state index contributed by atoms with van der Waals surface area (Å²) in [7, 11) is 0. The lowest BCUT2D eigenvalue weighted by molar-refractivity contribution is -0.137. The highest BCUT2D eigenvalue weighted by Crippen LogP contribution is 2.26. The van der Waals surface area contributed by atoms with Gasteiger partial charge in [-0.3, -0.25) is 9.59 Å². The number of carboxylic acid groups (broad SMARTS) is 1. The second-order valence-corrected chi connectivity index (χ2v) is 4.55. The van der Waals surface area contributed by atoms with Crippen molar-refractivity contribution in [3.63, 3.8) is 0 Å². The number of nitrogens with zero attached hydrogens (tertiary/aromatic N) is 1. The van der Waals surface area contributed by atoms with Crippen LogP contribution in [-0.4, -0.2) is 35.0 Å². The normalized spacial score (nSPS) is 10.1. The van der Waals surface area contributed by atoms with E-state index in [2.05, 4.69) is 15.9 Å². The first-order valence-corrected chi connectivity index (χ1v) is 6.09. The number of likely N-dealkylation sites (N-methyl/N-ethyl adjacent to an activating group) is 1. The average Bonchev–Trinajstić information content (AvgIpc) is 2.28. The van der Waals surface area contributed by atoms with Gasteiger partial charge in [-0.15, -0.1) is 0 Å². The van der Waals surface area contributed by atoms with E-state index in [1.54, 1.807) is 25.1 Å². The zero-order valence-corrected chi connectivity index (χ0v) is 11.5. The summed E-state index contributed by atoms with van der Waals surface area (Å²) in [5.41, 5.74) is 0.296. The van der Waals surface area contributed by atoms with Gasteiger partial charge in [0.05, 0.1) is 10.6 Å². The Kier molecular flexibility index (Phi) is 4.96. The van der Waals surface area contributed by atoms with Gasteiger partial charge in [-0.1, -0.05) is 17.7 Å². The summed E-state index contributed by atoms with van der Waals surface area (Å²) in [4.78, 5) is 23.9. The molecule has 17 heavy (non-hydrogen) atoms. The number of carbonyl (C=O) groups is 2. The summed E-state index contributed by atoms with van der Waals surface area (Å²) in [6, 6.07) is 4.96. The Morgan fingerprint density at radius 2 is 2.12 bits per heavy atom. The van der Waals surface area contributed by atoms with Crippen LogP contribution in [0.2, 0.25) is 5.02 Å². The second-order valence-electron chi connectivity index (χ2n) is 3.31. The molecule has 1 aromatic carbocycles. The van der Waals surface area contributed by atoms with Crippen molar-refractivity contribution in [2.24, 2.45) is 0 Å². The molecule has 0 aromatic heterocycles. The minimum atomic E-state index is -1.05. The minimum Gasteiger partial charge on any atom is -0.480 e. The fourth-order valence-electron chi connectivity index (χ4n) is 1.33. The van der Waals surface area contributed by atoms with Gasteiger partial charge < -0.3 is 10.0 Å². The SMILES string of the molecule is CCN(CC(=O)O)C(=O)c1cccc(Br)c1Cl. The lowest BCUT2D eigenvalue weighted by Gasteiger charge is -2.19. The Bertz CT molecular complexity index is 450. The van der Waals surface area contributed by atoms with Crippen molar-refractivity contribution in [2.75, 3.05) is 13.1 Å². The van der Waals surface area contributed by atoms with E-state index in [0.29, 0.717) is 21.6 Å². The molecule has 0 aliphatic rings. The van der Waals surface area contributed by atoms with Crippen molar-refractivity contribution in [1.29, 1.82) is 0 Å². The Morgan fingerprint density at radius 3 is 2.65 bits per heavy atom. The number of carboxylic acids is 1. The summed E-state index contributed by atoms with van der Waals surface area (Å²) in [5.74, 6) is -1.44. The van der Waals surface area contributed by atoms with E-state index >= 15 is 0 Å². The van der Waals surface area contributed by atoms with Gasteiger partial charge in [0.25, 0.3) is 5.91 Å². The van der Waals surface area contributed by atoms with Crippen LogP contribution in [0, 0.1) is 0 Å². The summed E-state index contributed by atoms with van der Waals surface area (Å²) in [6.07, 6.45) is 0. The number of halogens is 2. The lowest BCUT2D eigenvalue weighted by Crippen LogP contribution is -2.35. The summed E-state index contributed by atoms with van der Waals surface area (Å²) in [6.45, 7) is 1.69. The largest absolute Gasteiger partial charge is 0.480 e. The monoisotopic (exact) mass is 319 g/mol. The molecule has 4 nitrogen and oxygen atoms in total. The van der Waals surface area contributed by atoms with E-state index in [-0.39, 0.29) is 12.5 Å². The molecule has 0 aliphatic heterocycles. The van der Waals surface area contributed by atoms with E-state index in [0.717, 1.165) is 0 Å². The van der Waals surface area contributed by atoms with Crippen molar-refractivity contribution < 1.29 is 14.7 Å². The van der Waals surface area contributed by atoms with Crippen LogP contribution in [0.1, 0.15) is 17.3 Å². The van der Waals surface area contributed by atoms with Gasteiger partial charge in [-0.2, -0.15) is 0 Å². The number of amides is 1. The first-order valence-electron chi connectivity index (χ1n) is 4.92. The fraction of sp³-hybridized carbons (Fsp3) is 0.273. The number of hydrogen-bond acceptors (Lipinski definition) is 2. The van der Waals surface area contributed by atoms with Crippen molar-refractivity contribution in [3.05, 3.63) is 33.3 Å². The summed E-state index contributed by atoms with van der Waals surface area (Å²) < 4.78 is 0.608. The van der Waals surface area contributed by atoms with Crippen molar-refractivity contribution >= 4 is 39.4 Å². The quantitative estimate of drug-likeness (QED) is 0.928. The number of hydrogen-bond donors (Lipinski definition) is 1. The van der Waals surface area contributed by atoms with Gasteiger partial charge in [0, 0.05) is 11.0 Å². The van der Waals surface area contributed by atoms with Crippen LogP contribution in [0.25, 0.3) is 0 Å². The van der Waals surface area contributed by atoms with Crippen LogP contribution in [0.3, 0.4) is 0 Å². The Labute approximate surface area is 112 Å². The predicted molar refractivity (Wildman–Crippen MR) is 68.4 cm³/mol. The van der Waals surface area contributed by atoms with Gasteiger partial charge in [0.15, 0.2) is 0 Å². The summed E-state index contributed by atoms with van der Waals surface area (Å²) >= 11 is 9.20. The van der Waals surface area contributed by atoms with Crippen LogP contribution in [0.5, 0.6) is 0 Å². The molecule has 1 amide bonds. The number of carbonyl (C=O) groups excluding carboxylic acids is 1. The predicted octanol–water partition coefficient (Wildman–Crippen LogP) is 2.65. The van der Waals surface area contributed by atoms with Crippen LogP contribution < -0.4 is 0 Å². The van der Waals surface area contributed by atoms with Gasteiger partial charge in [-0.05, 0) is 35.0 Å². The van der Waals surface area contributed by atoms with E-state index in [9.17, 15) is 9.59 Å². The second kappa shape index (κ2) is 6.02. The first kappa shape index (κ1) is 14.0. The molecule has 1 aromatic rings. The Morgan fingerprint density at radius 1 is 1.47 bits per heavy atom. The van der Waals surface area contributed by atoms with Crippen molar-refractivity contribution in [2.45, 2.75) is 6.92 Å². The standard InChI is InChI=1S/C11H11BrClNO3/c1-2-14(6-9(15)16)11(17)7-4-3-5-8(12)10(7)13/h3-5H,2,6H2,1H3,(H,15,16). The summed E-state index contributed by atoms with van der Waals surface area (Å²) in [5, 5.41) is 8.99. The minimum absolute atomic E-state index is 0.293. The number of benzene rings is 1. The molecule has 0 saturated heterocycles. The molecule has 0 fully saturated rings. The van der Waals surface area contributed by atoms with Gasteiger partial charge in [0.2, 0.25) is 0 Å². The molecule has 1 N–H and O–H groups in total. The number of aliphatic carboxylic acids is 1. The zero-order chi connectivity index (χ0) is 13.0. The molecule has 0 spiro atoms. The third-order valence-electron chi connectivity index (χ3n) is 2.18. The molecule has 0 heterocycles. The highest BCUT2D eigenvalue weighted by molar-refractivity contribution is 9.10. The first-order chi connectivity index (χ1) is 7.97. The maximum absolute atomic E-state index is 12.0. The van der Waals surface area contributed by atoms with Crippen LogP contribution in [-0.2, 0) is 4.79 Å². The molecule has 0 radical (unpaired) electrons. The average molecular weight is 321 g/mol. The maximum atomic E-state index is 12.0. The van der Waals surface area contributed by atoms with E-state index in [1.165, 1.54) is 4.90 Å². The Balaban J connectivity index is 3.02. The van der Waals surface area contributed by atoms with E-state index < -0.39 is 5.97 Å². The van der Waals surface area contributed by atoms with Gasteiger partial charge in [-0.25, -0.2) is 0 Å². The van der Waals surface area contributed by atoms with Crippen molar-refractivity contribution in [3.8, 4) is 0 Å². The van der Waals surface area contributed by atoms with Crippen molar-refractivity contribution in [1.82, 2.24) is 4.90 Å². The molecule has 1 rings (SSSR count).